The van der Waals surface area contributed by atoms with E-state index in [0.29, 0.717) is 16.9 Å². The van der Waals surface area contributed by atoms with E-state index in [-0.39, 0.29) is 18.0 Å². The molecule has 0 saturated carbocycles. The average molecular weight is 412 g/mol. The Morgan fingerprint density at radius 1 is 0.966 bits per heavy atom. The maximum Gasteiger partial charge on any atom is 0.255 e. The van der Waals surface area contributed by atoms with Gasteiger partial charge in [0.15, 0.2) is 0 Å². The summed E-state index contributed by atoms with van der Waals surface area (Å²) in [5.74, 6) is -0.782. The van der Waals surface area contributed by atoms with Crippen LogP contribution < -0.4 is 9.62 Å². The molecule has 0 bridgehead atoms. The number of nitrogens with one attached hydrogen (secondary N) is 1. The first-order chi connectivity index (χ1) is 13.7. The summed E-state index contributed by atoms with van der Waals surface area (Å²) in [6.45, 7) is 1.82. The predicted molar refractivity (Wildman–Crippen MR) is 113 cm³/mol. The smallest absolute Gasteiger partial charge is 0.255 e. The van der Waals surface area contributed by atoms with Gasteiger partial charge >= 0.3 is 0 Å². The van der Waals surface area contributed by atoms with Crippen molar-refractivity contribution in [2.24, 2.45) is 0 Å². The number of sulfonamides is 1. The van der Waals surface area contributed by atoms with Crippen LogP contribution in [-0.4, -0.2) is 20.6 Å². The van der Waals surface area contributed by atoms with Gasteiger partial charge in [0.1, 0.15) is 5.82 Å². The maximum atomic E-state index is 14.0. The van der Waals surface area contributed by atoms with Crippen molar-refractivity contribution in [3.05, 3.63) is 95.3 Å². The van der Waals surface area contributed by atoms with Crippen molar-refractivity contribution < 1.29 is 17.6 Å². The highest BCUT2D eigenvalue weighted by molar-refractivity contribution is 7.92. The average Bonchev–Trinajstić information content (AvgIpc) is 2.68. The number of carbonyl (C=O) groups excluding carboxylic acids is 1. The van der Waals surface area contributed by atoms with E-state index in [1.54, 1.807) is 36.4 Å². The first kappa shape index (κ1) is 20.5. The summed E-state index contributed by atoms with van der Waals surface area (Å²) >= 11 is 0. The summed E-state index contributed by atoms with van der Waals surface area (Å²) in [5.41, 5.74) is 2.75. The molecule has 1 amide bonds. The number of carbonyl (C=O) groups is 1. The van der Waals surface area contributed by atoms with Gasteiger partial charge in [-0.2, -0.15) is 0 Å². The highest BCUT2D eigenvalue weighted by Crippen LogP contribution is 2.23. The number of rotatable bonds is 6. The Balaban J connectivity index is 1.81. The van der Waals surface area contributed by atoms with Crippen molar-refractivity contribution in [1.29, 1.82) is 0 Å². The fourth-order valence-electron chi connectivity index (χ4n) is 2.80. The van der Waals surface area contributed by atoms with Gasteiger partial charge in [0.25, 0.3) is 5.91 Å². The molecule has 29 heavy (non-hydrogen) atoms. The van der Waals surface area contributed by atoms with E-state index in [4.69, 9.17) is 0 Å². The van der Waals surface area contributed by atoms with Crippen LogP contribution in [0.1, 0.15) is 21.5 Å². The van der Waals surface area contributed by atoms with Crippen LogP contribution in [0.25, 0.3) is 0 Å². The summed E-state index contributed by atoms with van der Waals surface area (Å²) in [7, 11) is -3.65. The summed E-state index contributed by atoms with van der Waals surface area (Å²) in [4.78, 5) is 12.4. The second-order valence-electron chi connectivity index (χ2n) is 6.73. The van der Waals surface area contributed by atoms with Gasteiger partial charge < -0.3 is 5.32 Å². The standard InChI is InChI=1S/C22H21FN2O3S/c1-16-7-11-19(12-8-16)24-22(26)17-9-13-20(14-10-17)25(29(2,27)28)15-18-5-3-4-6-21(18)23/h3-14H,15H2,1-2H3,(H,24,26). The van der Waals surface area contributed by atoms with E-state index in [2.05, 4.69) is 5.32 Å². The highest BCUT2D eigenvalue weighted by atomic mass is 32.2. The van der Waals surface area contributed by atoms with E-state index in [9.17, 15) is 17.6 Å². The maximum absolute atomic E-state index is 14.0. The van der Waals surface area contributed by atoms with Crippen molar-refractivity contribution in [3.8, 4) is 0 Å². The van der Waals surface area contributed by atoms with E-state index in [0.717, 1.165) is 16.1 Å². The largest absolute Gasteiger partial charge is 0.322 e. The van der Waals surface area contributed by atoms with Gasteiger partial charge in [0.05, 0.1) is 18.5 Å². The lowest BCUT2D eigenvalue weighted by molar-refractivity contribution is 0.102. The molecule has 1 N–H and O–H groups in total. The van der Waals surface area contributed by atoms with E-state index >= 15 is 0 Å². The first-order valence-corrected chi connectivity index (χ1v) is 10.8. The van der Waals surface area contributed by atoms with Crippen molar-refractivity contribution in [1.82, 2.24) is 0 Å². The van der Waals surface area contributed by atoms with Crippen LogP contribution in [-0.2, 0) is 16.6 Å². The van der Waals surface area contributed by atoms with Crippen LogP contribution in [0.2, 0.25) is 0 Å². The number of benzene rings is 3. The second kappa shape index (κ2) is 8.45. The van der Waals surface area contributed by atoms with Crippen molar-refractivity contribution in [2.75, 3.05) is 15.9 Å². The van der Waals surface area contributed by atoms with Gasteiger partial charge in [-0.15, -0.1) is 0 Å². The minimum absolute atomic E-state index is 0.138. The molecular formula is C22H21FN2O3S. The molecule has 150 valence electrons. The number of amides is 1. The normalized spacial score (nSPS) is 11.1. The van der Waals surface area contributed by atoms with E-state index in [1.165, 1.54) is 24.3 Å². The van der Waals surface area contributed by atoms with E-state index < -0.39 is 15.8 Å². The van der Waals surface area contributed by atoms with Crippen LogP contribution in [0.15, 0.2) is 72.8 Å². The molecule has 0 aliphatic carbocycles. The van der Waals surface area contributed by atoms with Crippen molar-refractivity contribution in [3.63, 3.8) is 0 Å². The molecular weight excluding hydrogens is 391 g/mol. The molecule has 7 heteroatoms. The van der Waals surface area contributed by atoms with Gasteiger partial charge in [-0.05, 0) is 49.4 Å². The zero-order valence-electron chi connectivity index (χ0n) is 16.1. The third-order valence-corrected chi connectivity index (χ3v) is 5.54. The number of nitrogens with zero attached hydrogens (tertiary/aromatic N) is 1. The molecule has 0 unspecified atom stereocenters. The molecule has 0 atom stereocenters. The minimum atomic E-state index is -3.65. The molecule has 0 radical (unpaired) electrons. The molecule has 0 heterocycles. The Hall–Kier alpha value is -3.19. The quantitative estimate of drug-likeness (QED) is 0.654. The molecule has 0 fully saturated rings. The Morgan fingerprint density at radius 3 is 2.17 bits per heavy atom. The molecule has 0 aromatic heterocycles. The predicted octanol–water partition coefficient (Wildman–Crippen LogP) is 4.35. The lowest BCUT2D eigenvalue weighted by Gasteiger charge is -2.23. The topological polar surface area (TPSA) is 66.5 Å². The van der Waals surface area contributed by atoms with Crippen LogP contribution in [0, 0.1) is 12.7 Å². The molecule has 0 spiro atoms. The number of anilines is 2. The Bertz CT molecular complexity index is 1110. The summed E-state index contributed by atoms with van der Waals surface area (Å²) in [6, 6.07) is 19.6. The van der Waals surface area contributed by atoms with Gasteiger partial charge in [-0.1, -0.05) is 35.9 Å². The third kappa shape index (κ3) is 5.20. The monoisotopic (exact) mass is 412 g/mol. The number of hydrogen-bond acceptors (Lipinski definition) is 3. The molecule has 0 aliphatic heterocycles. The lowest BCUT2D eigenvalue weighted by atomic mass is 10.1. The van der Waals surface area contributed by atoms with Gasteiger partial charge in [0.2, 0.25) is 10.0 Å². The third-order valence-electron chi connectivity index (χ3n) is 4.40. The fourth-order valence-corrected chi connectivity index (χ4v) is 3.68. The lowest BCUT2D eigenvalue weighted by Crippen LogP contribution is -2.29. The van der Waals surface area contributed by atoms with Gasteiger partial charge in [-0.3, -0.25) is 9.10 Å². The molecule has 0 saturated heterocycles. The van der Waals surface area contributed by atoms with Crippen LogP contribution in [0.5, 0.6) is 0 Å². The van der Waals surface area contributed by atoms with Crippen LogP contribution in [0.4, 0.5) is 15.8 Å². The highest BCUT2D eigenvalue weighted by Gasteiger charge is 2.20. The molecule has 3 aromatic rings. The molecule has 3 rings (SSSR count). The minimum Gasteiger partial charge on any atom is -0.322 e. The summed E-state index contributed by atoms with van der Waals surface area (Å²) in [5, 5.41) is 2.79. The second-order valence-corrected chi connectivity index (χ2v) is 8.63. The molecule has 0 aliphatic rings. The SMILES string of the molecule is Cc1ccc(NC(=O)c2ccc(N(Cc3ccccc3F)S(C)(=O)=O)cc2)cc1. The van der Waals surface area contributed by atoms with Crippen LogP contribution in [0.3, 0.4) is 0 Å². The Labute approximate surface area is 169 Å². The molecule has 3 aromatic carbocycles. The Kier molecular flexibility index (Phi) is 5.98. The van der Waals surface area contributed by atoms with Crippen molar-refractivity contribution >= 4 is 27.3 Å². The Morgan fingerprint density at radius 2 is 1.59 bits per heavy atom. The molecule has 5 nitrogen and oxygen atoms in total. The number of halogens is 1. The number of aryl methyl sites for hydroxylation is 1. The van der Waals surface area contributed by atoms with Gasteiger partial charge in [-0.25, -0.2) is 12.8 Å². The summed E-state index contributed by atoms with van der Waals surface area (Å²) < 4.78 is 39.6. The van der Waals surface area contributed by atoms with E-state index in [1.807, 2.05) is 19.1 Å². The van der Waals surface area contributed by atoms with Crippen molar-refractivity contribution in [2.45, 2.75) is 13.5 Å². The zero-order chi connectivity index (χ0) is 21.0. The van der Waals surface area contributed by atoms with Crippen LogP contribution >= 0.6 is 0 Å². The fraction of sp³-hybridized carbons (Fsp3) is 0.136. The van der Waals surface area contributed by atoms with Gasteiger partial charge in [0, 0.05) is 16.8 Å². The number of hydrogen-bond donors (Lipinski definition) is 1. The zero-order valence-corrected chi connectivity index (χ0v) is 16.9. The summed E-state index contributed by atoms with van der Waals surface area (Å²) in [6.07, 6.45) is 1.06. The first-order valence-electron chi connectivity index (χ1n) is 8.93.